The van der Waals surface area contributed by atoms with Crippen LogP contribution in [-0.4, -0.2) is 45.2 Å². The number of rotatable bonds is 4. The number of carbonyl (C=O) groups is 1. The van der Waals surface area contributed by atoms with Crippen molar-refractivity contribution in [3.63, 3.8) is 0 Å². The second-order valence-corrected chi connectivity index (χ2v) is 5.93. The largest absolute Gasteiger partial charge is 0.344 e. The zero-order valence-corrected chi connectivity index (χ0v) is 13.7. The summed E-state index contributed by atoms with van der Waals surface area (Å²) >= 11 is 0. The van der Waals surface area contributed by atoms with Crippen LogP contribution in [0.5, 0.6) is 0 Å². The molecule has 0 aliphatic heterocycles. The molecule has 2 aromatic rings. The number of nitrogens with one attached hydrogen (secondary N) is 1. The van der Waals surface area contributed by atoms with Gasteiger partial charge in [-0.15, -0.1) is 0 Å². The Morgan fingerprint density at radius 2 is 2.09 bits per heavy atom. The van der Waals surface area contributed by atoms with E-state index in [0.717, 1.165) is 16.8 Å². The fraction of sp³-hybridized carbons (Fsp3) is 0.533. The highest BCUT2D eigenvalue weighted by molar-refractivity contribution is 5.84. The second kappa shape index (κ2) is 5.92. The number of hydrogen-bond acceptors (Lipinski definition) is 4. The van der Waals surface area contributed by atoms with E-state index < -0.39 is 0 Å². The van der Waals surface area contributed by atoms with Crippen molar-refractivity contribution >= 4 is 16.9 Å². The SMILES string of the molecule is Cc1nc2c(c(C)c1CC(=O)N(C)CC(C)N)c(=O)[nH]n2C. The number of aromatic nitrogens is 3. The van der Waals surface area contributed by atoms with Crippen LogP contribution in [0.15, 0.2) is 4.79 Å². The summed E-state index contributed by atoms with van der Waals surface area (Å²) < 4.78 is 1.60. The number of hydrogen-bond donors (Lipinski definition) is 2. The van der Waals surface area contributed by atoms with Gasteiger partial charge in [0.05, 0.1) is 11.8 Å². The normalized spacial score (nSPS) is 12.6. The van der Waals surface area contributed by atoms with E-state index in [9.17, 15) is 9.59 Å². The lowest BCUT2D eigenvalue weighted by Gasteiger charge is -2.20. The summed E-state index contributed by atoms with van der Waals surface area (Å²) in [4.78, 5) is 30.4. The topological polar surface area (TPSA) is 97.0 Å². The third kappa shape index (κ3) is 2.89. The Balaban J connectivity index is 2.42. The molecule has 0 fully saturated rings. The maximum atomic E-state index is 12.3. The van der Waals surface area contributed by atoms with Crippen molar-refractivity contribution in [2.75, 3.05) is 13.6 Å². The Hall–Kier alpha value is -2.15. The monoisotopic (exact) mass is 305 g/mol. The van der Waals surface area contributed by atoms with Gasteiger partial charge in [0.1, 0.15) is 0 Å². The summed E-state index contributed by atoms with van der Waals surface area (Å²) in [5, 5.41) is 3.25. The molecule has 0 aliphatic carbocycles. The van der Waals surface area contributed by atoms with Crippen molar-refractivity contribution in [3.05, 3.63) is 27.2 Å². The lowest BCUT2D eigenvalue weighted by Crippen LogP contribution is -2.38. The first kappa shape index (κ1) is 16.2. The maximum absolute atomic E-state index is 12.3. The van der Waals surface area contributed by atoms with Crippen molar-refractivity contribution in [2.45, 2.75) is 33.2 Å². The van der Waals surface area contributed by atoms with Crippen molar-refractivity contribution < 1.29 is 4.79 Å². The first-order chi connectivity index (χ1) is 10.2. The van der Waals surface area contributed by atoms with Gasteiger partial charge in [-0.1, -0.05) is 0 Å². The van der Waals surface area contributed by atoms with Crippen LogP contribution in [0, 0.1) is 13.8 Å². The van der Waals surface area contributed by atoms with Gasteiger partial charge in [0, 0.05) is 32.4 Å². The summed E-state index contributed by atoms with van der Waals surface area (Å²) in [5.41, 5.74) is 8.55. The lowest BCUT2D eigenvalue weighted by atomic mass is 10.0. The molecule has 120 valence electrons. The van der Waals surface area contributed by atoms with Gasteiger partial charge in [-0.05, 0) is 31.9 Å². The molecule has 3 N–H and O–H groups in total. The number of pyridine rings is 1. The minimum Gasteiger partial charge on any atom is -0.344 e. The summed E-state index contributed by atoms with van der Waals surface area (Å²) in [6.45, 7) is 6.08. The van der Waals surface area contributed by atoms with Crippen LogP contribution in [0.3, 0.4) is 0 Å². The Kier molecular flexibility index (Phi) is 4.37. The highest BCUT2D eigenvalue weighted by atomic mass is 16.2. The average Bonchev–Trinajstić information content (AvgIpc) is 2.68. The first-order valence-corrected chi connectivity index (χ1v) is 7.26. The molecule has 2 heterocycles. The number of H-pyrrole nitrogens is 1. The summed E-state index contributed by atoms with van der Waals surface area (Å²) in [7, 11) is 3.48. The van der Waals surface area contributed by atoms with Gasteiger partial charge in [0.15, 0.2) is 5.65 Å². The molecule has 2 rings (SSSR count). The second-order valence-electron chi connectivity index (χ2n) is 5.93. The molecule has 2 aromatic heterocycles. The molecule has 0 spiro atoms. The van der Waals surface area contributed by atoms with Gasteiger partial charge in [0.2, 0.25) is 5.91 Å². The average molecular weight is 305 g/mol. The number of carbonyl (C=O) groups excluding carboxylic acids is 1. The Morgan fingerprint density at radius 3 is 2.68 bits per heavy atom. The number of nitrogens with two attached hydrogens (primary N) is 1. The third-order valence-corrected chi connectivity index (χ3v) is 3.89. The third-order valence-electron chi connectivity index (χ3n) is 3.89. The Labute approximate surface area is 129 Å². The molecule has 0 saturated heterocycles. The van der Waals surface area contributed by atoms with Gasteiger partial charge >= 0.3 is 0 Å². The van der Waals surface area contributed by atoms with Crippen molar-refractivity contribution in [3.8, 4) is 0 Å². The zero-order chi connectivity index (χ0) is 16.6. The summed E-state index contributed by atoms with van der Waals surface area (Å²) in [6.07, 6.45) is 0.220. The Bertz CT molecular complexity index is 772. The maximum Gasteiger partial charge on any atom is 0.273 e. The van der Waals surface area contributed by atoms with Crippen LogP contribution in [0.2, 0.25) is 0 Å². The van der Waals surface area contributed by atoms with Crippen LogP contribution >= 0.6 is 0 Å². The molecule has 0 saturated carbocycles. The van der Waals surface area contributed by atoms with Crippen LogP contribution in [0.25, 0.3) is 11.0 Å². The first-order valence-electron chi connectivity index (χ1n) is 7.26. The van der Waals surface area contributed by atoms with E-state index in [1.807, 2.05) is 20.8 Å². The van der Waals surface area contributed by atoms with Crippen LogP contribution < -0.4 is 11.3 Å². The standard InChI is InChI=1S/C15H23N5O2/c1-8(16)7-19(4)12(21)6-11-9(2)13-14(17-10(11)3)20(5)18-15(13)22/h8H,6-7,16H2,1-5H3,(H,18,22). The number of amides is 1. The smallest absolute Gasteiger partial charge is 0.273 e. The van der Waals surface area contributed by atoms with E-state index in [4.69, 9.17) is 5.73 Å². The minimum atomic E-state index is -0.180. The molecule has 0 aromatic carbocycles. The van der Waals surface area contributed by atoms with Gasteiger partial charge in [0.25, 0.3) is 5.56 Å². The van der Waals surface area contributed by atoms with Crippen LogP contribution in [-0.2, 0) is 18.3 Å². The zero-order valence-electron chi connectivity index (χ0n) is 13.7. The summed E-state index contributed by atoms with van der Waals surface area (Å²) in [6, 6.07) is -0.0753. The number of aromatic amines is 1. The fourth-order valence-electron chi connectivity index (χ4n) is 2.73. The highest BCUT2D eigenvalue weighted by Gasteiger charge is 2.19. The van der Waals surface area contributed by atoms with E-state index >= 15 is 0 Å². The van der Waals surface area contributed by atoms with Crippen LogP contribution in [0.4, 0.5) is 0 Å². The lowest BCUT2D eigenvalue weighted by molar-refractivity contribution is -0.129. The predicted octanol–water partition coefficient (Wildman–Crippen LogP) is 0.227. The molecule has 7 nitrogen and oxygen atoms in total. The molecular formula is C15H23N5O2. The molecule has 0 radical (unpaired) electrons. The fourth-order valence-corrected chi connectivity index (χ4v) is 2.73. The van der Waals surface area contributed by atoms with E-state index in [1.54, 1.807) is 23.7 Å². The van der Waals surface area contributed by atoms with E-state index in [1.165, 1.54) is 0 Å². The van der Waals surface area contributed by atoms with Gasteiger partial charge in [-0.2, -0.15) is 0 Å². The molecule has 0 bridgehead atoms. The van der Waals surface area contributed by atoms with Crippen molar-refractivity contribution in [1.82, 2.24) is 19.7 Å². The number of fused-ring (bicyclic) bond motifs is 1. The minimum absolute atomic E-state index is 0.0305. The van der Waals surface area contributed by atoms with Gasteiger partial charge in [-0.25, -0.2) is 4.98 Å². The van der Waals surface area contributed by atoms with Crippen molar-refractivity contribution in [2.24, 2.45) is 12.8 Å². The summed E-state index contributed by atoms with van der Waals surface area (Å²) in [5.74, 6) is -0.0305. The van der Waals surface area contributed by atoms with E-state index in [-0.39, 0.29) is 23.9 Å². The van der Waals surface area contributed by atoms with E-state index in [2.05, 4.69) is 10.1 Å². The quantitative estimate of drug-likeness (QED) is 0.845. The molecule has 7 heteroatoms. The predicted molar refractivity (Wildman–Crippen MR) is 85.8 cm³/mol. The number of aryl methyl sites for hydroxylation is 3. The van der Waals surface area contributed by atoms with Gasteiger partial charge in [-0.3, -0.25) is 19.4 Å². The molecule has 0 aliphatic rings. The van der Waals surface area contributed by atoms with Crippen molar-refractivity contribution in [1.29, 1.82) is 0 Å². The Morgan fingerprint density at radius 1 is 1.45 bits per heavy atom. The molecule has 22 heavy (non-hydrogen) atoms. The highest BCUT2D eigenvalue weighted by Crippen LogP contribution is 2.20. The number of likely N-dealkylation sites (N-methyl/N-ethyl adjacent to an activating group) is 1. The number of nitrogens with zero attached hydrogens (tertiary/aromatic N) is 3. The van der Waals surface area contributed by atoms with E-state index in [0.29, 0.717) is 17.6 Å². The molecular weight excluding hydrogens is 282 g/mol. The van der Waals surface area contributed by atoms with Crippen LogP contribution in [0.1, 0.15) is 23.7 Å². The molecule has 1 unspecified atom stereocenters. The van der Waals surface area contributed by atoms with Gasteiger partial charge < -0.3 is 10.6 Å². The molecule has 1 amide bonds. The molecule has 1 atom stereocenters.